The maximum atomic E-state index is 12.4. The Balaban J connectivity index is 2.19. The summed E-state index contributed by atoms with van der Waals surface area (Å²) in [6.45, 7) is 5.81. The monoisotopic (exact) mass is 407 g/mol. The predicted molar refractivity (Wildman–Crippen MR) is 97.4 cm³/mol. The van der Waals surface area contributed by atoms with Crippen molar-refractivity contribution in [2.75, 3.05) is 0 Å². The van der Waals surface area contributed by atoms with Crippen LogP contribution in [0.15, 0.2) is 30.3 Å². The smallest absolute Gasteiger partial charge is 0.338 e. The van der Waals surface area contributed by atoms with Crippen LogP contribution in [0.3, 0.4) is 0 Å². The molecule has 138 valence electrons. The Morgan fingerprint density at radius 3 is 2.24 bits per heavy atom. The van der Waals surface area contributed by atoms with Crippen LogP contribution in [0.2, 0.25) is 0 Å². The van der Waals surface area contributed by atoms with Gasteiger partial charge in [-0.05, 0) is 25.0 Å². The molecule has 1 aromatic rings. The van der Waals surface area contributed by atoms with Gasteiger partial charge in [-0.3, -0.25) is 5.41 Å². The second-order valence-corrected chi connectivity index (χ2v) is 8.39. The lowest BCUT2D eigenvalue weighted by molar-refractivity contribution is -0.238. The minimum atomic E-state index is -2.02. The second-order valence-electron chi connectivity index (χ2n) is 6.11. The molecule has 1 N–H and O–H groups in total. The number of esters is 1. The lowest BCUT2D eigenvalue weighted by atomic mass is 9.84. The van der Waals surface area contributed by atoms with Crippen molar-refractivity contribution in [2.45, 2.75) is 43.1 Å². The van der Waals surface area contributed by atoms with E-state index >= 15 is 0 Å². The molecule has 1 aliphatic heterocycles. The molecule has 0 aromatic heterocycles. The minimum Gasteiger partial charge on any atom is -0.452 e. The maximum Gasteiger partial charge on any atom is 0.338 e. The molecule has 0 saturated carbocycles. The Bertz CT molecular complexity index is 620. The highest BCUT2D eigenvalue weighted by Crippen LogP contribution is 2.36. The molecule has 8 heteroatoms. The van der Waals surface area contributed by atoms with Gasteiger partial charge >= 0.3 is 5.97 Å². The third-order valence-corrected chi connectivity index (χ3v) is 4.96. The Hall–Kier alpha value is -1.01. The summed E-state index contributed by atoms with van der Waals surface area (Å²) >= 11 is 17.0. The van der Waals surface area contributed by atoms with Crippen LogP contribution in [-0.2, 0) is 14.2 Å². The number of rotatable bonds is 3. The topological polar surface area (TPSA) is 68.6 Å². The Morgan fingerprint density at radius 1 is 1.08 bits per heavy atom. The normalized spacial score (nSPS) is 29.8. The molecule has 25 heavy (non-hydrogen) atoms. The fourth-order valence-corrected chi connectivity index (χ4v) is 2.73. The Labute approximate surface area is 162 Å². The van der Waals surface area contributed by atoms with Crippen molar-refractivity contribution in [1.29, 1.82) is 5.41 Å². The predicted octanol–water partition coefficient (Wildman–Crippen LogP) is 4.59. The van der Waals surface area contributed by atoms with Crippen LogP contribution in [0.25, 0.3) is 0 Å². The SMILES string of the molecule is CC1O[C@H](OC(=N)C(Cl)(Cl)Cl)C(OC(=O)c2ccccc2)C(C)[C@@H]1C. The van der Waals surface area contributed by atoms with Gasteiger partial charge in [-0.25, -0.2) is 4.79 Å². The van der Waals surface area contributed by atoms with Gasteiger partial charge in [-0.2, -0.15) is 0 Å². The van der Waals surface area contributed by atoms with E-state index in [-0.39, 0.29) is 17.9 Å². The summed E-state index contributed by atoms with van der Waals surface area (Å²) in [5.41, 5.74) is 0.413. The molecule has 0 radical (unpaired) electrons. The van der Waals surface area contributed by atoms with E-state index in [1.807, 2.05) is 20.8 Å². The average molecular weight is 409 g/mol. The number of halogens is 3. The number of nitrogens with one attached hydrogen (secondary N) is 1. The molecule has 0 aliphatic carbocycles. The van der Waals surface area contributed by atoms with E-state index in [4.69, 9.17) is 54.4 Å². The fraction of sp³-hybridized carbons (Fsp3) is 0.529. The molecule has 1 aliphatic rings. The van der Waals surface area contributed by atoms with E-state index in [9.17, 15) is 4.79 Å². The number of hydrogen-bond donors (Lipinski definition) is 1. The van der Waals surface area contributed by atoms with Gasteiger partial charge in [0.25, 0.3) is 3.79 Å². The van der Waals surface area contributed by atoms with Crippen molar-refractivity contribution in [3.8, 4) is 0 Å². The van der Waals surface area contributed by atoms with Gasteiger partial charge in [-0.15, -0.1) is 0 Å². The van der Waals surface area contributed by atoms with Crippen LogP contribution in [0.1, 0.15) is 31.1 Å². The highest BCUT2D eigenvalue weighted by molar-refractivity contribution is 6.76. The molecule has 1 fully saturated rings. The van der Waals surface area contributed by atoms with E-state index in [0.717, 1.165) is 0 Å². The largest absolute Gasteiger partial charge is 0.452 e. The van der Waals surface area contributed by atoms with Crippen LogP contribution in [0, 0.1) is 17.2 Å². The first-order valence-electron chi connectivity index (χ1n) is 7.85. The summed E-state index contributed by atoms with van der Waals surface area (Å²) in [5.74, 6) is -1.06. The van der Waals surface area contributed by atoms with Crippen molar-refractivity contribution in [3.05, 3.63) is 35.9 Å². The van der Waals surface area contributed by atoms with Crippen LogP contribution >= 0.6 is 34.8 Å². The molecule has 0 amide bonds. The van der Waals surface area contributed by atoms with Crippen LogP contribution < -0.4 is 0 Å². The van der Waals surface area contributed by atoms with Crippen molar-refractivity contribution < 1.29 is 19.0 Å². The van der Waals surface area contributed by atoms with E-state index in [1.54, 1.807) is 30.3 Å². The molecular formula is C17H20Cl3NO4. The summed E-state index contributed by atoms with van der Waals surface area (Å²) < 4.78 is 14.7. The Morgan fingerprint density at radius 2 is 1.68 bits per heavy atom. The lowest BCUT2D eigenvalue weighted by Gasteiger charge is -2.42. The molecule has 2 rings (SSSR count). The summed E-state index contributed by atoms with van der Waals surface area (Å²) in [6, 6.07) is 8.61. The Kier molecular flexibility index (Phi) is 6.60. The van der Waals surface area contributed by atoms with E-state index in [2.05, 4.69) is 0 Å². The summed E-state index contributed by atoms with van der Waals surface area (Å²) in [5, 5.41) is 7.76. The van der Waals surface area contributed by atoms with Gasteiger partial charge in [-0.1, -0.05) is 66.8 Å². The zero-order valence-electron chi connectivity index (χ0n) is 14.0. The summed E-state index contributed by atoms with van der Waals surface area (Å²) in [6.07, 6.45) is -1.95. The molecule has 1 heterocycles. The van der Waals surface area contributed by atoms with Gasteiger partial charge < -0.3 is 14.2 Å². The first-order valence-corrected chi connectivity index (χ1v) is 8.98. The van der Waals surface area contributed by atoms with Crippen LogP contribution in [-0.4, -0.2) is 34.2 Å². The molecule has 1 saturated heterocycles. The number of hydrogen-bond acceptors (Lipinski definition) is 5. The van der Waals surface area contributed by atoms with E-state index in [1.165, 1.54) is 0 Å². The highest BCUT2D eigenvalue weighted by atomic mass is 35.6. The number of ether oxygens (including phenoxy) is 3. The molecule has 5 atom stereocenters. The van der Waals surface area contributed by atoms with E-state index < -0.39 is 28.1 Å². The first-order chi connectivity index (χ1) is 11.6. The van der Waals surface area contributed by atoms with Gasteiger partial charge in [0.1, 0.15) is 0 Å². The second kappa shape index (κ2) is 8.12. The van der Waals surface area contributed by atoms with Crippen molar-refractivity contribution in [1.82, 2.24) is 0 Å². The standard InChI is InChI=1S/C17H20Cl3NO4/c1-9-10(2)13(24-14(22)12-7-5-4-6-8-12)15(23-11(9)3)25-16(21)17(18,19)20/h4-11,13,15,21H,1-3H3/t9-,10?,11?,13?,15+/m0/s1. The van der Waals surface area contributed by atoms with Crippen molar-refractivity contribution in [2.24, 2.45) is 11.8 Å². The summed E-state index contributed by atoms with van der Waals surface area (Å²) in [4.78, 5) is 12.4. The minimum absolute atomic E-state index is 0.0791. The highest BCUT2D eigenvalue weighted by Gasteiger charge is 2.45. The molecule has 0 bridgehead atoms. The number of carbonyl (C=O) groups is 1. The first kappa shape index (κ1) is 20.3. The van der Waals surface area contributed by atoms with Crippen molar-refractivity contribution >= 4 is 46.7 Å². The molecule has 1 aromatic carbocycles. The van der Waals surface area contributed by atoms with Crippen LogP contribution in [0.5, 0.6) is 0 Å². The maximum absolute atomic E-state index is 12.4. The van der Waals surface area contributed by atoms with Crippen molar-refractivity contribution in [3.63, 3.8) is 0 Å². The van der Waals surface area contributed by atoms with Gasteiger partial charge in [0.05, 0.1) is 11.7 Å². The zero-order valence-corrected chi connectivity index (χ0v) is 16.3. The number of alkyl halides is 3. The fourth-order valence-electron chi connectivity index (χ4n) is 2.59. The summed E-state index contributed by atoms with van der Waals surface area (Å²) in [7, 11) is 0. The number of carbonyl (C=O) groups excluding carboxylic acids is 1. The third-order valence-electron chi connectivity index (χ3n) is 4.45. The average Bonchev–Trinajstić information content (AvgIpc) is 2.56. The molecule has 3 unspecified atom stereocenters. The lowest BCUT2D eigenvalue weighted by Crippen LogP contribution is -2.52. The van der Waals surface area contributed by atoms with Gasteiger partial charge in [0, 0.05) is 5.92 Å². The molecular weight excluding hydrogens is 389 g/mol. The molecule has 5 nitrogen and oxygen atoms in total. The van der Waals surface area contributed by atoms with E-state index in [0.29, 0.717) is 5.56 Å². The third kappa shape index (κ3) is 5.00. The van der Waals surface area contributed by atoms with Crippen LogP contribution in [0.4, 0.5) is 0 Å². The zero-order chi connectivity index (χ0) is 18.8. The van der Waals surface area contributed by atoms with Gasteiger partial charge in [0.15, 0.2) is 6.10 Å². The number of benzene rings is 1. The van der Waals surface area contributed by atoms with Gasteiger partial charge in [0.2, 0.25) is 12.2 Å². The molecule has 0 spiro atoms. The quantitative estimate of drug-likeness (QED) is 0.344.